The zero-order chi connectivity index (χ0) is 23.4. The molecule has 12 heteroatoms. The number of hydrogen-bond donors (Lipinski definition) is 2. The van der Waals surface area contributed by atoms with Gasteiger partial charge in [-0.15, -0.1) is 0 Å². The smallest absolute Gasteiger partial charge is 0.340 e. The summed E-state index contributed by atoms with van der Waals surface area (Å²) in [5.74, 6) is -1.51. The van der Waals surface area contributed by atoms with E-state index in [0.717, 1.165) is 19.1 Å². The van der Waals surface area contributed by atoms with Gasteiger partial charge in [0.25, 0.3) is 5.91 Å². The van der Waals surface area contributed by atoms with Crippen molar-refractivity contribution < 1.29 is 31.2 Å². The normalized spacial score (nSPS) is 14.7. The van der Waals surface area contributed by atoms with Gasteiger partial charge in [-0.2, -0.15) is 4.31 Å². The Bertz CT molecular complexity index is 1200. The van der Waals surface area contributed by atoms with E-state index < -0.39 is 38.5 Å². The van der Waals surface area contributed by atoms with Crippen LogP contribution in [0.4, 0.5) is 11.4 Å². The molecule has 0 unspecified atom stereocenters. The van der Waals surface area contributed by atoms with E-state index in [4.69, 9.17) is 4.74 Å². The Morgan fingerprint density at radius 3 is 2.22 bits per heavy atom. The van der Waals surface area contributed by atoms with Crippen LogP contribution in [0.5, 0.6) is 0 Å². The first-order chi connectivity index (χ1) is 15.1. The first-order valence-corrected chi connectivity index (χ1v) is 13.0. The Kier molecular flexibility index (Phi) is 7.16. The summed E-state index contributed by atoms with van der Waals surface area (Å²) in [5.41, 5.74) is 0.336. The van der Waals surface area contributed by atoms with Gasteiger partial charge in [-0.05, 0) is 49.2 Å². The number of carbonyl (C=O) groups excluding carboxylic acids is 2. The summed E-state index contributed by atoms with van der Waals surface area (Å²) < 4.78 is 56.6. The maximum atomic E-state index is 12.5. The standard InChI is InChI=1S/C20H23N3O7S2/c1-31(26,27)22-18-7-3-2-6-17(18)20(25)30-14-19(24)21-15-8-10-16(11-9-15)32(28,29)23-12-4-5-13-23/h2-3,6-11,22H,4-5,12-14H2,1H3,(H,21,24). The van der Waals surface area contributed by atoms with E-state index >= 15 is 0 Å². The van der Waals surface area contributed by atoms with Gasteiger partial charge in [0.1, 0.15) is 0 Å². The van der Waals surface area contributed by atoms with Crippen molar-refractivity contribution in [2.75, 3.05) is 36.0 Å². The number of amides is 1. The Morgan fingerprint density at radius 1 is 0.969 bits per heavy atom. The number of anilines is 2. The van der Waals surface area contributed by atoms with E-state index in [1.165, 1.54) is 46.8 Å². The highest BCUT2D eigenvalue weighted by molar-refractivity contribution is 7.92. The third-order valence-electron chi connectivity index (χ3n) is 4.62. The van der Waals surface area contributed by atoms with Gasteiger partial charge in [0, 0.05) is 18.8 Å². The number of ether oxygens (including phenoxy) is 1. The molecule has 0 bridgehead atoms. The minimum Gasteiger partial charge on any atom is -0.452 e. The first kappa shape index (κ1) is 23.7. The van der Waals surface area contributed by atoms with Crippen LogP contribution in [0.25, 0.3) is 0 Å². The predicted molar refractivity (Wildman–Crippen MR) is 118 cm³/mol. The SMILES string of the molecule is CS(=O)(=O)Nc1ccccc1C(=O)OCC(=O)Nc1ccc(S(=O)(=O)N2CCCC2)cc1. The highest BCUT2D eigenvalue weighted by Crippen LogP contribution is 2.22. The lowest BCUT2D eigenvalue weighted by Crippen LogP contribution is -2.27. The van der Waals surface area contributed by atoms with Crippen molar-refractivity contribution in [3.05, 3.63) is 54.1 Å². The molecule has 1 fully saturated rings. The van der Waals surface area contributed by atoms with Gasteiger partial charge < -0.3 is 10.1 Å². The monoisotopic (exact) mass is 481 g/mol. The van der Waals surface area contributed by atoms with Crippen molar-refractivity contribution in [3.8, 4) is 0 Å². The first-order valence-electron chi connectivity index (χ1n) is 9.70. The summed E-state index contributed by atoms with van der Waals surface area (Å²) in [6.07, 6.45) is 2.62. The minimum atomic E-state index is -3.61. The lowest BCUT2D eigenvalue weighted by Gasteiger charge is -2.15. The van der Waals surface area contributed by atoms with Crippen LogP contribution in [0.2, 0.25) is 0 Å². The van der Waals surface area contributed by atoms with E-state index in [-0.39, 0.29) is 16.1 Å². The van der Waals surface area contributed by atoms with Crippen molar-refractivity contribution in [2.45, 2.75) is 17.7 Å². The van der Waals surface area contributed by atoms with Crippen LogP contribution in [0.3, 0.4) is 0 Å². The van der Waals surface area contributed by atoms with E-state index in [9.17, 15) is 26.4 Å². The molecule has 1 amide bonds. The van der Waals surface area contributed by atoms with Gasteiger partial charge in [-0.25, -0.2) is 21.6 Å². The van der Waals surface area contributed by atoms with E-state index in [2.05, 4.69) is 10.0 Å². The van der Waals surface area contributed by atoms with Gasteiger partial charge >= 0.3 is 5.97 Å². The number of benzene rings is 2. The fourth-order valence-corrected chi connectivity index (χ4v) is 5.24. The number of esters is 1. The van der Waals surface area contributed by atoms with Gasteiger partial charge in [-0.1, -0.05) is 12.1 Å². The molecule has 0 atom stereocenters. The minimum absolute atomic E-state index is 0.0372. The van der Waals surface area contributed by atoms with Crippen LogP contribution in [-0.2, 0) is 29.6 Å². The van der Waals surface area contributed by atoms with Crippen molar-refractivity contribution in [1.82, 2.24) is 4.31 Å². The van der Waals surface area contributed by atoms with E-state index in [1.54, 1.807) is 6.07 Å². The van der Waals surface area contributed by atoms with E-state index in [1.807, 2.05) is 0 Å². The number of sulfonamides is 2. The fourth-order valence-electron chi connectivity index (χ4n) is 3.14. The topological polar surface area (TPSA) is 139 Å². The average molecular weight is 482 g/mol. The fraction of sp³-hybridized carbons (Fsp3) is 0.300. The summed E-state index contributed by atoms with van der Waals surface area (Å²) in [6, 6.07) is 11.6. The molecule has 0 spiro atoms. The maximum Gasteiger partial charge on any atom is 0.340 e. The van der Waals surface area contributed by atoms with Gasteiger partial charge in [0.15, 0.2) is 6.61 Å². The van der Waals surface area contributed by atoms with Crippen LogP contribution in [0.15, 0.2) is 53.4 Å². The quantitative estimate of drug-likeness (QED) is 0.547. The number of para-hydroxylation sites is 1. The number of carbonyl (C=O) groups is 2. The van der Waals surface area contributed by atoms with Crippen LogP contribution in [0.1, 0.15) is 23.2 Å². The summed E-state index contributed by atoms with van der Waals surface area (Å²) in [6.45, 7) is 0.379. The zero-order valence-corrected chi connectivity index (χ0v) is 18.9. The number of hydrogen-bond acceptors (Lipinski definition) is 7. The summed E-state index contributed by atoms with van der Waals surface area (Å²) in [4.78, 5) is 24.5. The number of nitrogens with zero attached hydrogens (tertiary/aromatic N) is 1. The molecule has 0 saturated carbocycles. The lowest BCUT2D eigenvalue weighted by molar-refractivity contribution is -0.119. The lowest BCUT2D eigenvalue weighted by atomic mass is 10.2. The maximum absolute atomic E-state index is 12.5. The van der Waals surface area contributed by atoms with Crippen molar-refractivity contribution >= 4 is 43.3 Å². The Balaban J connectivity index is 1.58. The summed E-state index contributed by atoms with van der Waals surface area (Å²) in [7, 11) is -7.16. The molecule has 172 valence electrons. The molecule has 2 aromatic rings. The Morgan fingerprint density at radius 2 is 1.59 bits per heavy atom. The van der Waals surface area contributed by atoms with Crippen molar-refractivity contribution in [1.29, 1.82) is 0 Å². The highest BCUT2D eigenvalue weighted by atomic mass is 32.2. The van der Waals surface area contributed by atoms with Crippen LogP contribution < -0.4 is 10.0 Å². The molecule has 0 radical (unpaired) electrons. The van der Waals surface area contributed by atoms with Gasteiger partial charge in [-0.3, -0.25) is 9.52 Å². The molecule has 1 aliphatic rings. The molecular weight excluding hydrogens is 458 g/mol. The third-order valence-corrected chi connectivity index (χ3v) is 7.12. The third kappa shape index (κ3) is 6.05. The molecule has 2 aromatic carbocycles. The molecule has 1 aliphatic heterocycles. The predicted octanol–water partition coefficient (Wildman–Crippen LogP) is 1.64. The largest absolute Gasteiger partial charge is 0.452 e. The Labute approximate surface area is 186 Å². The summed E-state index contributed by atoms with van der Waals surface area (Å²) >= 11 is 0. The molecule has 0 aliphatic carbocycles. The molecule has 1 saturated heterocycles. The molecule has 3 rings (SSSR count). The molecule has 1 heterocycles. The van der Waals surface area contributed by atoms with Gasteiger partial charge in [0.2, 0.25) is 20.0 Å². The zero-order valence-electron chi connectivity index (χ0n) is 17.3. The number of nitrogens with one attached hydrogen (secondary N) is 2. The average Bonchev–Trinajstić information content (AvgIpc) is 3.27. The molecular formula is C20H23N3O7S2. The molecule has 32 heavy (non-hydrogen) atoms. The molecule has 10 nitrogen and oxygen atoms in total. The van der Waals surface area contributed by atoms with Crippen LogP contribution >= 0.6 is 0 Å². The van der Waals surface area contributed by atoms with Gasteiger partial charge in [0.05, 0.1) is 22.4 Å². The highest BCUT2D eigenvalue weighted by Gasteiger charge is 2.27. The van der Waals surface area contributed by atoms with Crippen LogP contribution in [-0.4, -0.2) is 59.0 Å². The van der Waals surface area contributed by atoms with E-state index in [0.29, 0.717) is 18.8 Å². The van der Waals surface area contributed by atoms with Crippen molar-refractivity contribution in [3.63, 3.8) is 0 Å². The number of rotatable bonds is 8. The second kappa shape index (κ2) is 9.67. The van der Waals surface area contributed by atoms with Crippen molar-refractivity contribution in [2.24, 2.45) is 0 Å². The Hall–Kier alpha value is -2.96. The van der Waals surface area contributed by atoms with Crippen LogP contribution in [0, 0.1) is 0 Å². The molecule has 2 N–H and O–H groups in total. The molecule has 0 aromatic heterocycles. The second-order valence-electron chi connectivity index (χ2n) is 7.18. The summed E-state index contributed by atoms with van der Waals surface area (Å²) in [5, 5.41) is 2.51. The second-order valence-corrected chi connectivity index (χ2v) is 10.9.